The molecule has 0 fully saturated rings. The minimum Gasteiger partial charge on any atom is -0.402 e. The minimum atomic E-state index is -3.91. The first-order valence-corrected chi connectivity index (χ1v) is 11.0. The Morgan fingerprint density at radius 2 is 1.57 bits per heavy atom. The highest BCUT2D eigenvalue weighted by molar-refractivity contribution is 9.10. The molecule has 0 N–H and O–H groups in total. The molecule has 0 spiro atoms. The van der Waals surface area contributed by atoms with Crippen molar-refractivity contribution in [3.05, 3.63) is 100 Å². The Morgan fingerprint density at radius 3 is 2.23 bits per heavy atom. The molecule has 1 heterocycles. The summed E-state index contributed by atoms with van der Waals surface area (Å²) in [7, 11) is -3.91. The number of halogens is 1. The van der Waals surface area contributed by atoms with Crippen LogP contribution in [0.1, 0.15) is 11.1 Å². The Hall–Kier alpha value is -3.23. The Bertz CT molecular complexity index is 1250. The number of carbonyl (C=O) groups is 1. The van der Waals surface area contributed by atoms with Crippen LogP contribution in [0.5, 0.6) is 5.75 Å². The van der Waals surface area contributed by atoms with Crippen LogP contribution >= 0.6 is 15.9 Å². The average Bonchev–Trinajstić information content (AvgIpc) is 3.11. The molecule has 0 unspecified atom stereocenters. The summed E-state index contributed by atoms with van der Waals surface area (Å²) in [5.41, 5.74) is 1.48. The summed E-state index contributed by atoms with van der Waals surface area (Å²) in [6.45, 7) is 0. The summed E-state index contributed by atoms with van der Waals surface area (Å²) in [5.74, 6) is -0.165. The van der Waals surface area contributed by atoms with Gasteiger partial charge in [-0.3, -0.25) is 0 Å². The van der Waals surface area contributed by atoms with Crippen molar-refractivity contribution >= 4 is 44.0 Å². The maximum absolute atomic E-state index is 12.3. The summed E-state index contributed by atoms with van der Waals surface area (Å²) in [5, 5.41) is 0. The van der Waals surface area contributed by atoms with Crippen molar-refractivity contribution in [2.24, 2.45) is 4.99 Å². The fourth-order valence-electron chi connectivity index (χ4n) is 2.66. The molecule has 1 aliphatic heterocycles. The molecule has 30 heavy (non-hydrogen) atoms. The second-order valence-electron chi connectivity index (χ2n) is 6.26. The van der Waals surface area contributed by atoms with E-state index in [4.69, 9.17) is 8.92 Å². The molecule has 3 aromatic carbocycles. The number of aliphatic imine (C=N–C) groups is 1. The SMILES string of the molecule is O=C1OC(c2ccc(Br)cc2)=N/C1=C/c1ccc(OS(=O)(=O)c2ccccc2)cc1. The number of rotatable bonds is 5. The molecule has 0 aliphatic carbocycles. The molecule has 0 atom stereocenters. The Labute approximate surface area is 181 Å². The van der Waals surface area contributed by atoms with Crippen LogP contribution in [-0.4, -0.2) is 20.3 Å². The van der Waals surface area contributed by atoms with Crippen LogP contribution < -0.4 is 4.18 Å². The lowest BCUT2D eigenvalue weighted by Gasteiger charge is -2.07. The maximum atomic E-state index is 12.3. The van der Waals surface area contributed by atoms with Crippen molar-refractivity contribution in [1.82, 2.24) is 0 Å². The molecular formula is C22H14BrNO5S. The molecule has 1 aliphatic rings. The topological polar surface area (TPSA) is 82.0 Å². The van der Waals surface area contributed by atoms with E-state index in [-0.39, 0.29) is 22.2 Å². The molecule has 6 nitrogen and oxygen atoms in total. The molecule has 4 rings (SSSR count). The third kappa shape index (κ3) is 4.50. The standard InChI is InChI=1S/C22H14BrNO5S/c23-17-10-8-16(9-11-17)21-24-20(22(25)28-21)14-15-6-12-18(13-7-15)29-30(26,27)19-4-2-1-3-5-19/h1-14H/b20-14+. The highest BCUT2D eigenvalue weighted by atomic mass is 79.9. The zero-order valence-corrected chi connectivity index (χ0v) is 17.8. The molecular weight excluding hydrogens is 470 g/mol. The monoisotopic (exact) mass is 483 g/mol. The van der Waals surface area contributed by atoms with E-state index in [1.54, 1.807) is 48.5 Å². The van der Waals surface area contributed by atoms with E-state index in [9.17, 15) is 13.2 Å². The predicted octanol–water partition coefficient (Wildman–Crippen LogP) is 4.56. The van der Waals surface area contributed by atoms with Gasteiger partial charge in [0.2, 0.25) is 5.90 Å². The number of hydrogen-bond donors (Lipinski definition) is 0. The zero-order chi connectivity index (χ0) is 21.1. The Morgan fingerprint density at radius 1 is 0.900 bits per heavy atom. The molecule has 0 saturated heterocycles. The van der Waals surface area contributed by atoms with Crippen molar-refractivity contribution < 1.29 is 22.1 Å². The van der Waals surface area contributed by atoms with E-state index in [2.05, 4.69) is 20.9 Å². The van der Waals surface area contributed by atoms with E-state index in [0.29, 0.717) is 11.1 Å². The van der Waals surface area contributed by atoms with Gasteiger partial charge < -0.3 is 8.92 Å². The summed E-state index contributed by atoms with van der Waals surface area (Å²) in [6.07, 6.45) is 1.56. The smallest absolute Gasteiger partial charge is 0.363 e. The normalized spacial score (nSPS) is 15.0. The molecule has 0 saturated carbocycles. The number of carbonyl (C=O) groups excluding carboxylic acids is 1. The quantitative estimate of drug-likeness (QED) is 0.301. The second-order valence-corrected chi connectivity index (χ2v) is 8.72. The molecule has 0 bridgehead atoms. The Kier molecular flexibility index (Phi) is 5.52. The fraction of sp³-hybridized carbons (Fsp3) is 0. The van der Waals surface area contributed by atoms with Crippen LogP contribution in [0.15, 0.2) is 98.9 Å². The van der Waals surface area contributed by atoms with Gasteiger partial charge in [-0.2, -0.15) is 8.42 Å². The highest BCUT2D eigenvalue weighted by Gasteiger charge is 2.24. The van der Waals surface area contributed by atoms with Gasteiger partial charge in [-0.15, -0.1) is 0 Å². The van der Waals surface area contributed by atoms with E-state index in [0.717, 1.165) is 4.47 Å². The number of ether oxygens (including phenoxy) is 1. The first-order valence-electron chi connectivity index (χ1n) is 8.79. The summed E-state index contributed by atoms with van der Waals surface area (Å²) >= 11 is 3.35. The van der Waals surface area contributed by atoms with E-state index >= 15 is 0 Å². The van der Waals surface area contributed by atoms with Crippen LogP contribution in [0.4, 0.5) is 0 Å². The van der Waals surface area contributed by atoms with Crippen LogP contribution in [-0.2, 0) is 19.6 Å². The lowest BCUT2D eigenvalue weighted by molar-refractivity contribution is -0.129. The van der Waals surface area contributed by atoms with Crippen LogP contribution in [0, 0.1) is 0 Å². The maximum Gasteiger partial charge on any atom is 0.363 e. The molecule has 3 aromatic rings. The van der Waals surface area contributed by atoms with E-state index in [1.165, 1.54) is 24.3 Å². The highest BCUT2D eigenvalue weighted by Crippen LogP contribution is 2.23. The van der Waals surface area contributed by atoms with Crippen molar-refractivity contribution in [2.75, 3.05) is 0 Å². The van der Waals surface area contributed by atoms with Gasteiger partial charge in [-0.25, -0.2) is 9.79 Å². The number of nitrogens with zero attached hydrogens (tertiary/aromatic N) is 1. The van der Waals surface area contributed by atoms with Gasteiger partial charge >= 0.3 is 16.1 Å². The molecule has 0 aromatic heterocycles. The molecule has 0 radical (unpaired) electrons. The summed E-state index contributed by atoms with van der Waals surface area (Å²) in [6, 6.07) is 21.4. The largest absolute Gasteiger partial charge is 0.402 e. The van der Waals surface area contributed by atoms with Crippen molar-refractivity contribution in [2.45, 2.75) is 4.90 Å². The number of benzene rings is 3. The summed E-state index contributed by atoms with van der Waals surface area (Å²) in [4.78, 5) is 16.4. The molecule has 0 amide bonds. The van der Waals surface area contributed by atoms with Gasteiger partial charge in [-0.05, 0) is 60.2 Å². The van der Waals surface area contributed by atoms with E-state index < -0.39 is 16.1 Å². The first kappa shape index (κ1) is 20.1. The van der Waals surface area contributed by atoms with Crippen molar-refractivity contribution in [1.29, 1.82) is 0 Å². The zero-order valence-electron chi connectivity index (χ0n) is 15.4. The third-order valence-electron chi connectivity index (χ3n) is 4.13. The minimum absolute atomic E-state index is 0.0692. The number of esters is 1. The van der Waals surface area contributed by atoms with Crippen LogP contribution in [0.2, 0.25) is 0 Å². The van der Waals surface area contributed by atoms with Gasteiger partial charge in [0, 0.05) is 10.0 Å². The van der Waals surface area contributed by atoms with Gasteiger partial charge in [0.1, 0.15) is 10.6 Å². The summed E-state index contributed by atoms with van der Waals surface area (Å²) < 4.78 is 35.9. The van der Waals surface area contributed by atoms with E-state index in [1.807, 2.05) is 12.1 Å². The van der Waals surface area contributed by atoms with Crippen LogP contribution in [0.25, 0.3) is 6.08 Å². The van der Waals surface area contributed by atoms with Crippen molar-refractivity contribution in [3.8, 4) is 5.75 Å². The average molecular weight is 484 g/mol. The third-order valence-corrected chi connectivity index (χ3v) is 5.92. The van der Waals surface area contributed by atoms with Gasteiger partial charge in [0.25, 0.3) is 0 Å². The van der Waals surface area contributed by atoms with Gasteiger partial charge in [0.05, 0.1) is 0 Å². The number of hydrogen-bond acceptors (Lipinski definition) is 6. The molecule has 150 valence electrons. The Balaban J connectivity index is 1.52. The predicted molar refractivity (Wildman–Crippen MR) is 115 cm³/mol. The first-order chi connectivity index (χ1) is 14.4. The molecule has 8 heteroatoms. The van der Waals surface area contributed by atoms with Crippen LogP contribution in [0.3, 0.4) is 0 Å². The lowest BCUT2D eigenvalue weighted by Crippen LogP contribution is -2.09. The van der Waals surface area contributed by atoms with Crippen molar-refractivity contribution in [3.63, 3.8) is 0 Å². The lowest BCUT2D eigenvalue weighted by atomic mass is 10.2. The van der Waals surface area contributed by atoms with Gasteiger partial charge in [0.15, 0.2) is 5.70 Å². The number of cyclic esters (lactones) is 1. The van der Waals surface area contributed by atoms with Gasteiger partial charge in [-0.1, -0.05) is 46.3 Å². The second kappa shape index (κ2) is 8.25. The fourth-order valence-corrected chi connectivity index (χ4v) is 3.88.